The number of rotatable bonds is 2. The molecule has 0 saturated heterocycles. The van der Waals surface area contributed by atoms with Crippen LogP contribution in [0.25, 0.3) is 0 Å². The first-order valence-electron chi connectivity index (χ1n) is 8.35. The number of benzene rings is 1. The lowest BCUT2D eigenvalue weighted by Crippen LogP contribution is -2.45. The molecule has 0 amide bonds. The Morgan fingerprint density at radius 2 is 1.96 bits per heavy atom. The third-order valence-electron chi connectivity index (χ3n) is 4.88. The SMILES string of the molecule is N#CC1C(=N)N(c2ccccc2)C2=C(C(=O)CCC2)C1c1cccs1. The van der Waals surface area contributed by atoms with E-state index < -0.39 is 5.92 Å². The van der Waals surface area contributed by atoms with Gasteiger partial charge in [-0.3, -0.25) is 10.2 Å². The van der Waals surface area contributed by atoms with Crippen molar-refractivity contribution < 1.29 is 4.79 Å². The van der Waals surface area contributed by atoms with Crippen LogP contribution in [0.3, 0.4) is 0 Å². The molecule has 1 aromatic carbocycles. The van der Waals surface area contributed by atoms with Crippen molar-refractivity contribution in [1.82, 2.24) is 0 Å². The lowest BCUT2D eigenvalue weighted by atomic mass is 9.74. The number of hydrogen-bond acceptors (Lipinski definition) is 4. The number of nitriles is 1. The van der Waals surface area contributed by atoms with Crippen molar-refractivity contribution in [2.75, 3.05) is 4.90 Å². The zero-order chi connectivity index (χ0) is 17.4. The van der Waals surface area contributed by atoms with Gasteiger partial charge >= 0.3 is 0 Å². The molecule has 1 N–H and O–H groups in total. The van der Waals surface area contributed by atoms with Crippen LogP contribution in [0.5, 0.6) is 0 Å². The highest BCUT2D eigenvalue weighted by molar-refractivity contribution is 7.10. The first kappa shape index (κ1) is 15.8. The summed E-state index contributed by atoms with van der Waals surface area (Å²) >= 11 is 1.55. The summed E-state index contributed by atoms with van der Waals surface area (Å²) in [5.41, 5.74) is 2.48. The Bertz CT molecular complexity index is 893. The van der Waals surface area contributed by atoms with E-state index in [1.54, 1.807) is 11.3 Å². The Kier molecular flexibility index (Phi) is 3.98. The van der Waals surface area contributed by atoms with E-state index in [1.165, 1.54) is 0 Å². The van der Waals surface area contributed by atoms with Crippen molar-refractivity contribution >= 4 is 28.6 Å². The van der Waals surface area contributed by atoms with E-state index in [0.29, 0.717) is 6.42 Å². The van der Waals surface area contributed by atoms with Gasteiger partial charge in [0.1, 0.15) is 11.8 Å². The number of carbonyl (C=O) groups is 1. The molecule has 4 nitrogen and oxygen atoms in total. The normalized spacial score (nSPS) is 23.4. The largest absolute Gasteiger partial charge is 0.301 e. The smallest absolute Gasteiger partial charge is 0.161 e. The first-order valence-corrected chi connectivity index (χ1v) is 9.23. The second-order valence-electron chi connectivity index (χ2n) is 6.29. The average molecular weight is 347 g/mol. The van der Waals surface area contributed by atoms with Gasteiger partial charge in [0.05, 0.1) is 6.07 Å². The van der Waals surface area contributed by atoms with Crippen molar-refractivity contribution in [3.05, 3.63) is 64.0 Å². The van der Waals surface area contributed by atoms with Gasteiger partial charge in [0.25, 0.3) is 0 Å². The van der Waals surface area contributed by atoms with Gasteiger partial charge in [0, 0.05) is 34.2 Å². The van der Waals surface area contributed by atoms with E-state index in [2.05, 4.69) is 6.07 Å². The van der Waals surface area contributed by atoms with E-state index in [9.17, 15) is 10.1 Å². The highest BCUT2D eigenvalue weighted by Gasteiger charge is 2.45. The third kappa shape index (κ3) is 2.50. The van der Waals surface area contributed by atoms with Crippen molar-refractivity contribution in [1.29, 1.82) is 10.7 Å². The van der Waals surface area contributed by atoms with E-state index >= 15 is 0 Å². The van der Waals surface area contributed by atoms with Crippen LogP contribution in [0.1, 0.15) is 30.1 Å². The number of carbonyl (C=O) groups excluding carboxylic acids is 1. The maximum absolute atomic E-state index is 12.8. The third-order valence-corrected chi connectivity index (χ3v) is 5.84. The van der Waals surface area contributed by atoms with E-state index in [-0.39, 0.29) is 17.5 Å². The van der Waals surface area contributed by atoms with Gasteiger partial charge in [-0.2, -0.15) is 5.26 Å². The maximum atomic E-state index is 12.8. The van der Waals surface area contributed by atoms with Crippen molar-refractivity contribution in [3.8, 4) is 6.07 Å². The highest BCUT2D eigenvalue weighted by atomic mass is 32.1. The molecule has 1 aliphatic carbocycles. The highest BCUT2D eigenvalue weighted by Crippen LogP contribution is 2.46. The van der Waals surface area contributed by atoms with Crippen LogP contribution < -0.4 is 4.90 Å². The molecule has 0 bridgehead atoms. The molecule has 25 heavy (non-hydrogen) atoms. The molecule has 2 heterocycles. The minimum Gasteiger partial charge on any atom is -0.301 e. The standard InChI is InChI=1S/C20H17N3OS/c21-12-14-18(17-10-5-11-25-17)19-15(8-4-9-16(19)24)23(20(14)22)13-6-2-1-3-7-13/h1-3,5-7,10-11,14,18,22H,4,8-9H2. The van der Waals surface area contributed by atoms with Gasteiger partial charge in [-0.25, -0.2) is 0 Å². The summed E-state index contributed by atoms with van der Waals surface area (Å²) in [5, 5.41) is 20.5. The molecule has 0 radical (unpaired) electrons. The van der Waals surface area contributed by atoms with Gasteiger partial charge in [-0.15, -0.1) is 11.3 Å². The van der Waals surface area contributed by atoms with Gasteiger partial charge in [-0.05, 0) is 36.4 Å². The predicted molar refractivity (Wildman–Crippen MR) is 98.7 cm³/mol. The fourth-order valence-corrected chi connectivity index (χ4v) is 4.70. The second-order valence-corrected chi connectivity index (χ2v) is 7.27. The van der Waals surface area contributed by atoms with E-state index in [4.69, 9.17) is 5.41 Å². The summed E-state index contributed by atoms with van der Waals surface area (Å²) in [6, 6.07) is 15.8. The van der Waals surface area contributed by atoms with Crippen LogP contribution in [0.15, 0.2) is 59.1 Å². The van der Waals surface area contributed by atoms with Gasteiger partial charge < -0.3 is 4.90 Å². The minimum atomic E-state index is -0.653. The summed E-state index contributed by atoms with van der Waals surface area (Å²) < 4.78 is 0. The molecule has 0 saturated carbocycles. The topological polar surface area (TPSA) is 68.0 Å². The number of hydrogen-bond donors (Lipinski definition) is 1. The number of nitrogens with one attached hydrogen (secondary N) is 1. The zero-order valence-corrected chi connectivity index (χ0v) is 14.4. The Morgan fingerprint density at radius 1 is 1.16 bits per heavy atom. The Morgan fingerprint density at radius 3 is 2.64 bits per heavy atom. The molecule has 2 aliphatic rings. The van der Waals surface area contributed by atoms with Crippen LogP contribution >= 0.6 is 11.3 Å². The monoisotopic (exact) mass is 347 g/mol. The molecular weight excluding hydrogens is 330 g/mol. The number of allylic oxidation sites excluding steroid dienone is 2. The Balaban J connectivity index is 1.95. The number of thiophene rings is 1. The average Bonchev–Trinajstić information content (AvgIpc) is 3.16. The van der Waals surface area contributed by atoms with Crippen LogP contribution in [-0.2, 0) is 4.79 Å². The molecule has 5 heteroatoms. The van der Waals surface area contributed by atoms with Crippen LogP contribution in [0.4, 0.5) is 5.69 Å². The van der Waals surface area contributed by atoms with Crippen LogP contribution in [0, 0.1) is 22.7 Å². The lowest BCUT2D eigenvalue weighted by Gasteiger charge is -2.41. The number of anilines is 1. The van der Waals surface area contributed by atoms with Crippen molar-refractivity contribution in [3.63, 3.8) is 0 Å². The fraction of sp³-hybridized carbons (Fsp3) is 0.250. The predicted octanol–water partition coefficient (Wildman–Crippen LogP) is 4.48. The molecule has 2 atom stereocenters. The Labute approximate surface area is 150 Å². The summed E-state index contributed by atoms with van der Waals surface area (Å²) in [5.74, 6) is -0.589. The minimum absolute atomic E-state index is 0.119. The molecular formula is C20H17N3OS. The molecule has 2 unspecified atom stereocenters. The fourth-order valence-electron chi connectivity index (χ4n) is 3.82. The van der Waals surface area contributed by atoms with Crippen LogP contribution in [-0.4, -0.2) is 11.6 Å². The first-order chi connectivity index (χ1) is 12.2. The molecule has 1 aromatic heterocycles. The number of para-hydroxylation sites is 1. The number of Topliss-reactive ketones (excluding diaryl/α,β-unsaturated/α-hetero) is 1. The molecule has 1 aliphatic heterocycles. The molecule has 4 rings (SSSR count). The second kappa shape index (κ2) is 6.30. The molecule has 0 fully saturated rings. The summed E-state index contributed by atoms with van der Waals surface area (Å²) in [7, 11) is 0. The van der Waals surface area contributed by atoms with Crippen LogP contribution in [0.2, 0.25) is 0 Å². The number of nitrogens with zero attached hydrogens (tertiary/aromatic N) is 2. The van der Waals surface area contributed by atoms with Crippen molar-refractivity contribution in [2.24, 2.45) is 5.92 Å². The maximum Gasteiger partial charge on any atom is 0.161 e. The summed E-state index contributed by atoms with van der Waals surface area (Å²) in [4.78, 5) is 15.6. The number of amidine groups is 1. The quantitative estimate of drug-likeness (QED) is 0.871. The van der Waals surface area contributed by atoms with E-state index in [0.717, 1.165) is 34.7 Å². The summed E-state index contributed by atoms with van der Waals surface area (Å²) in [6.45, 7) is 0. The molecule has 124 valence electrons. The molecule has 2 aromatic rings. The number of ketones is 1. The van der Waals surface area contributed by atoms with Gasteiger partial charge in [0.15, 0.2) is 5.78 Å². The van der Waals surface area contributed by atoms with E-state index in [1.807, 2.05) is 52.7 Å². The lowest BCUT2D eigenvalue weighted by molar-refractivity contribution is -0.116. The summed E-state index contributed by atoms with van der Waals surface area (Å²) in [6.07, 6.45) is 2.08. The Hall–Kier alpha value is -2.71. The van der Waals surface area contributed by atoms with Gasteiger partial charge in [-0.1, -0.05) is 24.3 Å². The van der Waals surface area contributed by atoms with Gasteiger partial charge in [0.2, 0.25) is 0 Å². The zero-order valence-electron chi connectivity index (χ0n) is 13.6. The van der Waals surface area contributed by atoms with Crippen molar-refractivity contribution in [2.45, 2.75) is 25.2 Å². The molecule has 0 spiro atoms.